The molecule has 6 heteroatoms. The molecule has 0 saturated heterocycles. The molecule has 1 amide bonds. The lowest BCUT2D eigenvalue weighted by Crippen LogP contribution is -2.28. The average molecular weight is 222 g/mol. The van der Waals surface area contributed by atoms with Gasteiger partial charge in [0.15, 0.2) is 0 Å². The summed E-state index contributed by atoms with van der Waals surface area (Å²) in [6, 6.07) is -0.000530. The van der Waals surface area contributed by atoms with Crippen LogP contribution in [0, 0.1) is 0 Å². The minimum absolute atomic E-state index is 0.000530. The number of hydrogen-bond acceptors (Lipinski definition) is 5. The molecule has 1 aliphatic rings. The van der Waals surface area contributed by atoms with Crippen molar-refractivity contribution in [1.82, 2.24) is 9.97 Å². The molecule has 4 N–H and O–H groups in total. The summed E-state index contributed by atoms with van der Waals surface area (Å²) in [5.74, 6) is -0.136. The number of aliphatic hydroxyl groups excluding tert-OH is 1. The van der Waals surface area contributed by atoms with Gasteiger partial charge in [0, 0.05) is 12.4 Å². The summed E-state index contributed by atoms with van der Waals surface area (Å²) in [4.78, 5) is 18.7. The van der Waals surface area contributed by atoms with E-state index in [1.165, 1.54) is 12.4 Å². The van der Waals surface area contributed by atoms with Gasteiger partial charge in [-0.2, -0.15) is 0 Å². The van der Waals surface area contributed by atoms with E-state index in [-0.39, 0.29) is 17.7 Å². The van der Waals surface area contributed by atoms with Gasteiger partial charge in [-0.15, -0.1) is 0 Å². The molecule has 86 valence electrons. The third-order valence-electron chi connectivity index (χ3n) is 2.73. The lowest BCUT2D eigenvalue weighted by molar-refractivity contribution is 0.0999. The molecule has 6 nitrogen and oxygen atoms in total. The summed E-state index contributed by atoms with van der Waals surface area (Å²) < 4.78 is 0. The molecule has 0 bridgehead atoms. The van der Waals surface area contributed by atoms with Gasteiger partial charge in [0.2, 0.25) is 5.95 Å². The molecule has 0 aromatic carbocycles. The van der Waals surface area contributed by atoms with E-state index in [1.807, 2.05) is 0 Å². The van der Waals surface area contributed by atoms with Gasteiger partial charge in [-0.05, 0) is 19.3 Å². The van der Waals surface area contributed by atoms with Crippen molar-refractivity contribution in [1.29, 1.82) is 0 Å². The zero-order chi connectivity index (χ0) is 11.5. The SMILES string of the molecule is NC(=O)c1cnc(N[C@H]2CCC[C@@H]2O)nc1. The van der Waals surface area contributed by atoms with Crippen LogP contribution < -0.4 is 11.1 Å². The van der Waals surface area contributed by atoms with E-state index < -0.39 is 5.91 Å². The Morgan fingerprint density at radius 1 is 1.44 bits per heavy atom. The maximum Gasteiger partial charge on any atom is 0.251 e. The molecule has 1 aromatic rings. The van der Waals surface area contributed by atoms with Crippen LogP contribution in [-0.4, -0.2) is 33.1 Å². The van der Waals surface area contributed by atoms with Crippen LogP contribution >= 0.6 is 0 Å². The van der Waals surface area contributed by atoms with E-state index in [1.54, 1.807) is 0 Å². The number of rotatable bonds is 3. The number of primary amides is 1. The zero-order valence-electron chi connectivity index (χ0n) is 8.76. The summed E-state index contributed by atoms with van der Waals surface area (Å²) in [7, 11) is 0. The predicted molar refractivity (Wildman–Crippen MR) is 57.8 cm³/mol. The minimum Gasteiger partial charge on any atom is -0.391 e. The molecular weight excluding hydrogens is 208 g/mol. The Labute approximate surface area is 92.9 Å². The minimum atomic E-state index is -0.549. The molecular formula is C10H14N4O2. The summed E-state index contributed by atoms with van der Waals surface area (Å²) in [6.45, 7) is 0. The van der Waals surface area contributed by atoms with Gasteiger partial charge in [-0.3, -0.25) is 4.79 Å². The number of aromatic nitrogens is 2. The molecule has 1 aliphatic carbocycles. The van der Waals surface area contributed by atoms with Gasteiger partial charge in [-0.1, -0.05) is 0 Å². The van der Waals surface area contributed by atoms with E-state index >= 15 is 0 Å². The Hall–Kier alpha value is -1.69. The number of amides is 1. The van der Waals surface area contributed by atoms with E-state index in [0.717, 1.165) is 19.3 Å². The van der Waals surface area contributed by atoms with Crippen molar-refractivity contribution in [2.24, 2.45) is 5.73 Å². The van der Waals surface area contributed by atoms with Crippen LogP contribution in [0.4, 0.5) is 5.95 Å². The fourth-order valence-electron chi connectivity index (χ4n) is 1.80. The van der Waals surface area contributed by atoms with E-state index in [2.05, 4.69) is 15.3 Å². The summed E-state index contributed by atoms with van der Waals surface area (Å²) in [5, 5.41) is 12.6. The van der Waals surface area contributed by atoms with Crippen LogP contribution in [0.5, 0.6) is 0 Å². The van der Waals surface area contributed by atoms with Crippen LogP contribution in [-0.2, 0) is 0 Å². The van der Waals surface area contributed by atoms with Crippen LogP contribution in [0.2, 0.25) is 0 Å². The Bertz CT molecular complexity index is 379. The molecule has 0 spiro atoms. The first kappa shape index (κ1) is 10.8. The zero-order valence-corrected chi connectivity index (χ0v) is 8.76. The molecule has 0 radical (unpaired) electrons. The van der Waals surface area contributed by atoms with Crippen molar-refractivity contribution < 1.29 is 9.90 Å². The lowest BCUT2D eigenvalue weighted by atomic mass is 10.2. The molecule has 0 aliphatic heterocycles. The maximum atomic E-state index is 10.8. The van der Waals surface area contributed by atoms with Gasteiger partial charge in [0.25, 0.3) is 5.91 Å². The molecule has 1 heterocycles. The van der Waals surface area contributed by atoms with Crippen LogP contribution in [0.1, 0.15) is 29.6 Å². The topological polar surface area (TPSA) is 101 Å². The lowest BCUT2D eigenvalue weighted by Gasteiger charge is -2.15. The highest BCUT2D eigenvalue weighted by Crippen LogP contribution is 2.21. The molecule has 1 saturated carbocycles. The first-order valence-corrected chi connectivity index (χ1v) is 5.23. The van der Waals surface area contributed by atoms with E-state index in [0.29, 0.717) is 5.95 Å². The monoisotopic (exact) mass is 222 g/mol. The molecule has 0 unspecified atom stereocenters. The molecule has 16 heavy (non-hydrogen) atoms. The Kier molecular flexibility index (Phi) is 3.00. The van der Waals surface area contributed by atoms with E-state index in [9.17, 15) is 9.90 Å². The van der Waals surface area contributed by atoms with Crippen LogP contribution in [0.15, 0.2) is 12.4 Å². The van der Waals surface area contributed by atoms with Crippen molar-refractivity contribution in [2.45, 2.75) is 31.4 Å². The van der Waals surface area contributed by atoms with Gasteiger partial charge in [0.1, 0.15) is 0 Å². The van der Waals surface area contributed by atoms with Crippen molar-refractivity contribution in [3.8, 4) is 0 Å². The third kappa shape index (κ3) is 2.27. The van der Waals surface area contributed by atoms with Crippen molar-refractivity contribution in [3.63, 3.8) is 0 Å². The normalized spacial score (nSPS) is 24.3. The number of nitrogens with zero attached hydrogens (tertiary/aromatic N) is 2. The Morgan fingerprint density at radius 3 is 2.62 bits per heavy atom. The molecule has 2 rings (SSSR count). The number of anilines is 1. The van der Waals surface area contributed by atoms with Gasteiger partial charge >= 0.3 is 0 Å². The maximum absolute atomic E-state index is 10.8. The molecule has 1 aromatic heterocycles. The largest absolute Gasteiger partial charge is 0.391 e. The highest BCUT2D eigenvalue weighted by Gasteiger charge is 2.25. The highest BCUT2D eigenvalue weighted by atomic mass is 16.3. The fourth-order valence-corrected chi connectivity index (χ4v) is 1.80. The fraction of sp³-hybridized carbons (Fsp3) is 0.500. The summed E-state index contributed by atoms with van der Waals surface area (Å²) in [5.41, 5.74) is 5.35. The third-order valence-corrected chi connectivity index (χ3v) is 2.73. The first-order chi connectivity index (χ1) is 7.66. The van der Waals surface area contributed by atoms with Gasteiger partial charge < -0.3 is 16.2 Å². The first-order valence-electron chi connectivity index (χ1n) is 5.23. The number of carbonyl (C=O) groups is 1. The number of hydrogen-bond donors (Lipinski definition) is 3. The number of carbonyl (C=O) groups excluding carboxylic acids is 1. The molecule has 1 fully saturated rings. The second-order valence-corrected chi connectivity index (χ2v) is 3.91. The average Bonchev–Trinajstić information content (AvgIpc) is 2.65. The molecule has 2 atom stereocenters. The van der Waals surface area contributed by atoms with Crippen LogP contribution in [0.25, 0.3) is 0 Å². The number of aliphatic hydroxyl groups is 1. The Balaban J connectivity index is 2.02. The van der Waals surface area contributed by atoms with Crippen molar-refractivity contribution in [2.75, 3.05) is 5.32 Å². The van der Waals surface area contributed by atoms with Crippen LogP contribution in [0.3, 0.4) is 0 Å². The predicted octanol–water partition coefficient (Wildman–Crippen LogP) is -0.0992. The number of nitrogens with one attached hydrogen (secondary N) is 1. The highest BCUT2D eigenvalue weighted by molar-refractivity contribution is 5.92. The van der Waals surface area contributed by atoms with Crippen molar-refractivity contribution >= 4 is 11.9 Å². The summed E-state index contributed by atoms with van der Waals surface area (Å²) in [6.07, 6.45) is 5.11. The Morgan fingerprint density at radius 2 is 2.12 bits per heavy atom. The van der Waals surface area contributed by atoms with Gasteiger partial charge in [0.05, 0.1) is 17.7 Å². The van der Waals surface area contributed by atoms with E-state index in [4.69, 9.17) is 5.73 Å². The second-order valence-electron chi connectivity index (χ2n) is 3.91. The smallest absolute Gasteiger partial charge is 0.251 e. The quantitative estimate of drug-likeness (QED) is 0.663. The number of nitrogens with two attached hydrogens (primary N) is 1. The van der Waals surface area contributed by atoms with Crippen molar-refractivity contribution in [3.05, 3.63) is 18.0 Å². The standard InChI is InChI=1S/C10H14N4O2/c11-9(16)6-4-12-10(13-5-6)14-7-2-1-3-8(7)15/h4-5,7-8,15H,1-3H2,(H2,11,16)(H,12,13,14)/t7-,8-/m0/s1. The van der Waals surface area contributed by atoms with Gasteiger partial charge in [-0.25, -0.2) is 9.97 Å². The second kappa shape index (κ2) is 4.44. The summed E-state index contributed by atoms with van der Waals surface area (Å²) >= 11 is 0.